The lowest BCUT2D eigenvalue weighted by atomic mass is 10.1. The van der Waals surface area contributed by atoms with Crippen LogP contribution in [0.4, 0.5) is 21.9 Å². The number of aryl methyl sites for hydroxylation is 2. The van der Waals surface area contributed by atoms with Crippen LogP contribution in [0.2, 0.25) is 0 Å². The topological polar surface area (TPSA) is 53.2 Å². The third-order valence-corrected chi connectivity index (χ3v) is 3.71. The molecule has 4 nitrogen and oxygen atoms in total. The molecule has 1 aliphatic rings. The maximum atomic E-state index is 12.1. The fourth-order valence-corrected chi connectivity index (χ4v) is 2.63. The summed E-state index contributed by atoms with van der Waals surface area (Å²) in [4.78, 5) is 12.1. The molecule has 1 aliphatic heterocycles. The summed E-state index contributed by atoms with van der Waals surface area (Å²) in [5, 5.41) is 8.94. The molecule has 112 valence electrons. The number of fused-ring (bicyclic) bond motifs is 1. The van der Waals surface area contributed by atoms with E-state index < -0.39 is 0 Å². The fraction of sp³-hybridized carbons (Fsp3) is 0.167. The van der Waals surface area contributed by atoms with Crippen LogP contribution >= 0.6 is 0 Å². The number of allylic oxidation sites excluding steroid dienone is 1. The summed E-state index contributed by atoms with van der Waals surface area (Å²) in [7, 11) is 0. The van der Waals surface area contributed by atoms with Crippen LogP contribution in [0.15, 0.2) is 48.7 Å². The number of nitrogens with one attached hydrogen (secondary N) is 3. The van der Waals surface area contributed by atoms with E-state index in [1.165, 1.54) is 11.1 Å². The van der Waals surface area contributed by atoms with Crippen LogP contribution in [-0.2, 0) is 6.42 Å². The Morgan fingerprint density at radius 1 is 1.14 bits per heavy atom. The second-order valence-corrected chi connectivity index (χ2v) is 5.67. The molecule has 2 aromatic carbocycles. The molecule has 3 rings (SSSR count). The van der Waals surface area contributed by atoms with Crippen LogP contribution in [0.25, 0.3) is 0 Å². The van der Waals surface area contributed by atoms with Gasteiger partial charge in [0.1, 0.15) is 0 Å². The number of urea groups is 1. The van der Waals surface area contributed by atoms with Gasteiger partial charge in [0.05, 0.1) is 0 Å². The molecule has 0 bridgehead atoms. The van der Waals surface area contributed by atoms with E-state index in [4.69, 9.17) is 0 Å². The molecule has 2 aromatic rings. The predicted molar refractivity (Wildman–Crippen MR) is 91.5 cm³/mol. The van der Waals surface area contributed by atoms with Gasteiger partial charge in [0.25, 0.3) is 0 Å². The van der Waals surface area contributed by atoms with Crippen molar-refractivity contribution in [1.29, 1.82) is 0 Å². The minimum absolute atomic E-state index is 0.247. The van der Waals surface area contributed by atoms with E-state index in [2.05, 4.69) is 22.5 Å². The highest BCUT2D eigenvalue weighted by Gasteiger charge is 2.14. The molecule has 22 heavy (non-hydrogen) atoms. The Hall–Kier alpha value is -2.75. The zero-order valence-corrected chi connectivity index (χ0v) is 12.8. The number of hydrogen-bond acceptors (Lipinski definition) is 2. The third kappa shape index (κ3) is 2.96. The molecule has 0 atom stereocenters. The van der Waals surface area contributed by atoms with Gasteiger partial charge in [-0.15, -0.1) is 0 Å². The van der Waals surface area contributed by atoms with Crippen molar-refractivity contribution < 1.29 is 4.79 Å². The van der Waals surface area contributed by atoms with E-state index >= 15 is 0 Å². The van der Waals surface area contributed by atoms with E-state index in [0.717, 1.165) is 34.7 Å². The van der Waals surface area contributed by atoms with Crippen LogP contribution in [0.1, 0.15) is 16.7 Å². The number of rotatable bonds is 2. The number of carbonyl (C=O) groups is 1. The van der Waals surface area contributed by atoms with E-state index in [9.17, 15) is 4.79 Å². The van der Waals surface area contributed by atoms with Gasteiger partial charge in [-0.2, -0.15) is 0 Å². The van der Waals surface area contributed by atoms with Crippen LogP contribution in [0, 0.1) is 13.8 Å². The lowest BCUT2D eigenvalue weighted by Gasteiger charge is -2.11. The highest BCUT2D eigenvalue weighted by molar-refractivity contribution is 6.00. The number of benzene rings is 2. The summed E-state index contributed by atoms with van der Waals surface area (Å²) in [6.45, 7) is 7.93. The Morgan fingerprint density at radius 2 is 1.95 bits per heavy atom. The highest BCUT2D eigenvalue weighted by Crippen LogP contribution is 2.29. The van der Waals surface area contributed by atoms with Crippen molar-refractivity contribution in [3.8, 4) is 0 Å². The summed E-state index contributed by atoms with van der Waals surface area (Å²) < 4.78 is 0. The highest BCUT2D eigenvalue weighted by atomic mass is 16.2. The van der Waals surface area contributed by atoms with Crippen molar-refractivity contribution in [2.45, 2.75) is 20.3 Å². The quantitative estimate of drug-likeness (QED) is 0.767. The first-order valence-corrected chi connectivity index (χ1v) is 7.24. The standard InChI is InChI=1S/C18H19N3O/c1-11-4-7-16(12(2)8-11)21-18(22)20-15-6-5-14-9-13(3)19-17(14)10-15/h4-8,10,19H,3,9H2,1-2H3,(H2,20,21,22). The summed E-state index contributed by atoms with van der Waals surface area (Å²) in [5.74, 6) is 0. The van der Waals surface area contributed by atoms with E-state index in [0.29, 0.717) is 0 Å². The smallest absolute Gasteiger partial charge is 0.323 e. The average Bonchev–Trinajstić information content (AvgIpc) is 2.81. The Kier molecular flexibility index (Phi) is 3.59. The summed E-state index contributed by atoms with van der Waals surface area (Å²) >= 11 is 0. The lowest BCUT2D eigenvalue weighted by Crippen LogP contribution is -2.20. The van der Waals surface area contributed by atoms with E-state index in [1.807, 2.05) is 50.2 Å². The molecule has 0 aromatic heterocycles. The molecule has 0 fully saturated rings. The maximum Gasteiger partial charge on any atom is 0.323 e. The maximum absolute atomic E-state index is 12.1. The second-order valence-electron chi connectivity index (χ2n) is 5.67. The van der Waals surface area contributed by atoms with Crippen molar-refractivity contribution in [3.05, 3.63) is 65.4 Å². The second kappa shape index (κ2) is 5.56. The first kappa shape index (κ1) is 14.2. The predicted octanol–water partition coefficient (Wildman–Crippen LogP) is 4.43. The van der Waals surface area contributed by atoms with Crippen LogP contribution < -0.4 is 16.0 Å². The summed E-state index contributed by atoms with van der Waals surface area (Å²) in [5.41, 5.74) is 6.97. The van der Waals surface area contributed by atoms with Crippen LogP contribution in [-0.4, -0.2) is 6.03 Å². The molecule has 0 saturated carbocycles. The Labute approximate surface area is 130 Å². The molecule has 0 unspecified atom stereocenters. The van der Waals surface area contributed by atoms with Crippen molar-refractivity contribution in [1.82, 2.24) is 0 Å². The van der Waals surface area contributed by atoms with Gasteiger partial charge in [0, 0.05) is 29.2 Å². The first-order valence-electron chi connectivity index (χ1n) is 7.24. The monoisotopic (exact) mass is 293 g/mol. The molecule has 0 radical (unpaired) electrons. The molecule has 3 N–H and O–H groups in total. The van der Waals surface area contributed by atoms with Gasteiger partial charge in [-0.3, -0.25) is 0 Å². The van der Waals surface area contributed by atoms with Crippen molar-refractivity contribution in [3.63, 3.8) is 0 Å². The van der Waals surface area contributed by atoms with Crippen molar-refractivity contribution in [2.75, 3.05) is 16.0 Å². The van der Waals surface area contributed by atoms with Crippen LogP contribution in [0.5, 0.6) is 0 Å². The average molecular weight is 293 g/mol. The van der Waals surface area contributed by atoms with E-state index in [-0.39, 0.29) is 6.03 Å². The summed E-state index contributed by atoms with van der Waals surface area (Å²) in [6, 6.07) is 11.5. The fourth-order valence-electron chi connectivity index (χ4n) is 2.63. The summed E-state index contributed by atoms with van der Waals surface area (Å²) in [6.07, 6.45) is 0.838. The number of carbonyl (C=O) groups excluding carboxylic acids is 1. The van der Waals surface area contributed by atoms with Gasteiger partial charge in [-0.1, -0.05) is 30.3 Å². The Morgan fingerprint density at radius 3 is 2.73 bits per heavy atom. The minimum atomic E-state index is -0.247. The molecule has 2 amide bonds. The SMILES string of the molecule is C=C1Cc2ccc(NC(=O)Nc3ccc(C)cc3C)cc2N1. The van der Waals surface area contributed by atoms with Gasteiger partial charge in [-0.25, -0.2) is 4.79 Å². The minimum Gasteiger partial charge on any atom is -0.359 e. The van der Waals surface area contributed by atoms with Gasteiger partial charge < -0.3 is 16.0 Å². The molecule has 0 spiro atoms. The first-order chi connectivity index (χ1) is 10.5. The van der Waals surface area contributed by atoms with Gasteiger partial charge >= 0.3 is 6.03 Å². The Bertz CT molecular complexity index is 765. The van der Waals surface area contributed by atoms with Gasteiger partial charge in [0.2, 0.25) is 0 Å². The molecule has 4 heteroatoms. The zero-order chi connectivity index (χ0) is 15.7. The van der Waals surface area contributed by atoms with Crippen LogP contribution in [0.3, 0.4) is 0 Å². The molecular formula is C18H19N3O. The third-order valence-electron chi connectivity index (χ3n) is 3.71. The lowest BCUT2D eigenvalue weighted by molar-refractivity contribution is 0.262. The van der Waals surface area contributed by atoms with E-state index in [1.54, 1.807) is 0 Å². The molecule has 0 aliphatic carbocycles. The number of amides is 2. The Balaban J connectivity index is 1.70. The van der Waals surface area contributed by atoms with Gasteiger partial charge in [-0.05, 0) is 43.2 Å². The molecule has 1 heterocycles. The molecular weight excluding hydrogens is 274 g/mol. The number of anilines is 3. The number of hydrogen-bond donors (Lipinski definition) is 3. The normalized spacial score (nSPS) is 12.5. The zero-order valence-electron chi connectivity index (χ0n) is 12.8. The largest absolute Gasteiger partial charge is 0.359 e. The van der Waals surface area contributed by atoms with Crippen molar-refractivity contribution in [2.24, 2.45) is 0 Å². The molecule has 0 saturated heterocycles. The van der Waals surface area contributed by atoms with Gasteiger partial charge in [0.15, 0.2) is 0 Å². The van der Waals surface area contributed by atoms with Crippen molar-refractivity contribution >= 4 is 23.1 Å².